The standard InChI is InChI=1S/C14H16N2O3/c1-2-9-10(11-8-13(15)19-16-11)4-5-12-14(9)18-7-3-6-17-12/h4-5,8H,2-3,6-7,15H2,1H3. The summed E-state index contributed by atoms with van der Waals surface area (Å²) in [5.74, 6) is 1.93. The molecule has 0 unspecified atom stereocenters. The summed E-state index contributed by atoms with van der Waals surface area (Å²) in [6.45, 7) is 3.44. The highest BCUT2D eigenvalue weighted by Crippen LogP contribution is 2.39. The van der Waals surface area contributed by atoms with E-state index in [1.54, 1.807) is 6.07 Å². The van der Waals surface area contributed by atoms with E-state index in [9.17, 15) is 0 Å². The zero-order chi connectivity index (χ0) is 13.2. The second kappa shape index (κ2) is 4.84. The van der Waals surface area contributed by atoms with E-state index in [0.29, 0.717) is 19.1 Å². The van der Waals surface area contributed by atoms with E-state index < -0.39 is 0 Å². The molecule has 1 aromatic carbocycles. The van der Waals surface area contributed by atoms with Gasteiger partial charge in [-0.1, -0.05) is 12.1 Å². The molecule has 3 rings (SSSR count). The van der Waals surface area contributed by atoms with E-state index in [1.807, 2.05) is 12.1 Å². The van der Waals surface area contributed by atoms with E-state index in [1.165, 1.54) is 0 Å². The maximum atomic E-state index is 5.82. The van der Waals surface area contributed by atoms with Crippen molar-refractivity contribution in [2.45, 2.75) is 19.8 Å². The number of nitrogens with zero attached hydrogens (tertiary/aromatic N) is 1. The van der Waals surface area contributed by atoms with Gasteiger partial charge >= 0.3 is 0 Å². The van der Waals surface area contributed by atoms with Gasteiger partial charge in [-0.25, -0.2) is 0 Å². The van der Waals surface area contributed by atoms with E-state index in [-0.39, 0.29) is 0 Å². The molecule has 0 aliphatic carbocycles. The van der Waals surface area contributed by atoms with E-state index in [2.05, 4.69) is 12.1 Å². The average Bonchev–Trinajstić information content (AvgIpc) is 2.71. The van der Waals surface area contributed by atoms with E-state index in [0.717, 1.165) is 41.2 Å². The molecule has 0 spiro atoms. The van der Waals surface area contributed by atoms with Gasteiger partial charge in [0.05, 0.1) is 13.2 Å². The van der Waals surface area contributed by atoms with Crippen molar-refractivity contribution in [2.24, 2.45) is 0 Å². The third-order valence-electron chi connectivity index (χ3n) is 3.17. The highest BCUT2D eigenvalue weighted by atomic mass is 16.5. The molecule has 5 heteroatoms. The molecule has 0 bridgehead atoms. The van der Waals surface area contributed by atoms with Gasteiger partial charge in [0.1, 0.15) is 5.69 Å². The van der Waals surface area contributed by atoms with Crippen molar-refractivity contribution in [3.05, 3.63) is 23.8 Å². The third kappa shape index (κ3) is 2.12. The maximum Gasteiger partial charge on any atom is 0.222 e. The van der Waals surface area contributed by atoms with Crippen molar-refractivity contribution in [1.29, 1.82) is 0 Å². The minimum absolute atomic E-state index is 0.309. The van der Waals surface area contributed by atoms with Gasteiger partial charge < -0.3 is 19.7 Å². The Morgan fingerprint density at radius 3 is 2.84 bits per heavy atom. The molecule has 0 atom stereocenters. The van der Waals surface area contributed by atoms with Crippen LogP contribution in [0.1, 0.15) is 18.9 Å². The van der Waals surface area contributed by atoms with Crippen molar-refractivity contribution < 1.29 is 14.0 Å². The number of benzene rings is 1. The molecule has 1 aromatic heterocycles. The molecular weight excluding hydrogens is 244 g/mol. The molecule has 2 aromatic rings. The smallest absolute Gasteiger partial charge is 0.222 e. The summed E-state index contributed by atoms with van der Waals surface area (Å²) in [6.07, 6.45) is 1.72. The number of nitrogens with two attached hydrogens (primary N) is 1. The van der Waals surface area contributed by atoms with Crippen LogP contribution in [0.2, 0.25) is 0 Å². The first-order valence-corrected chi connectivity index (χ1v) is 6.43. The molecule has 1 aliphatic heterocycles. The summed E-state index contributed by atoms with van der Waals surface area (Å²) < 4.78 is 16.5. The fourth-order valence-corrected chi connectivity index (χ4v) is 2.30. The number of nitrogen functional groups attached to an aromatic ring is 1. The van der Waals surface area contributed by atoms with Gasteiger partial charge in [0, 0.05) is 23.6 Å². The Morgan fingerprint density at radius 1 is 1.26 bits per heavy atom. The van der Waals surface area contributed by atoms with Gasteiger partial charge in [-0.15, -0.1) is 0 Å². The van der Waals surface area contributed by atoms with Crippen molar-refractivity contribution in [1.82, 2.24) is 5.16 Å². The van der Waals surface area contributed by atoms with Crippen LogP contribution in [0.5, 0.6) is 11.5 Å². The van der Waals surface area contributed by atoms with Crippen LogP contribution in [-0.2, 0) is 6.42 Å². The van der Waals surface area contributed by atoms with Gasteiger partial charge in [0.15, 0.2) is 11.5 Å². The molecule has 2 heterocycles. The lowest BCUT2D eigenvalue weighted by Crippen LogP contribution is -1.99. The Balaban J connectivity index is 2.13. The van der Waals surface area contributed by atoms with Crippen molar-refractivity contribution in [3.63, 3.8) is 0 Å². The number of hydrogen-bond acceptors (Lipinski definition) is 5. The molecular formula is C14H16N2O3. The number of anilines is 1. The van der Waals surface area contributed by atoms with Gasteiger partial charge in [0.2, 0.25) is 5.88 Å². The van der Waals surface area contributed by atoms with Crippen LogP contribution < -0.4 is 15.2 Å². The lowest BCUT2D eigenvalue weighted by Gasteiger charge is -2.14. The average molecular weight is 260 g/mol. The second-order valence-corrected chi connectivity index (χ2v) is 4.44. The molecule has 100 valence electrons. The first kappa shape index (κ1) is 11.9. The molecule has 5 nitrogen and oxygen atoms in total. The normalized spacial score (nSPS) is 14.2. The first-order chi connectivity index (χ1) is 9.29. The van der Waals surface area contributed by atoms with E-state index in [4.69, 9.17) is 19.7 Å². The molecule has 1 aliphatic rings. The first-order valence-electron chi connectivity index (χ1n) is 6.43. The largest absolute Gasteiger partial charge is 0.490 e. The van der Waals surface area contributed by atoms with Gasteiger partial charge in [-0.05, 0) is 18.6 Å². The van der Waals surface area contributed by atoms with Crippen LogP contribution in [0.25, 0.3) is 11.3 Å². The van der Waals surface area contributed by atoms with Crippen LogP contribution in [-0.4, -0.2) is 18.4 Å². The summed E-state index contributed by atoms with van der Waals surface area (Å²) in [4.78, 5) is 0. The number of hydrogen-bond donors (Lipinski definition) is 1. The van der Waals surface area contributed by atoms with Crippen molar-refractivity contribution >= 4 is 5.88 Å². The minimum Gasteiger partial charge on any atom is -0.490 e. The zero-order valence-electron chi connectivity index (χ0n) is 10.8. The van der Waals surface area contributed by atoms with Gasteiger partial charge in [-0.3, -0.25) is 0 Å². The topological polar surface area (TPSA) is 70.5 Å². The second-order valence-electron chi connectivity index (χ2n) is 4.44. The third-order valence-corrected chi connectivity index (χ3v) is 3.17. The fourth-order valence-electron chi connectivity index (χ4n) is 2.30. The molecule has 0 saturated heterocycles. The van der Waals surface area contributed by atoms with Crippen LogP contribution in [0, 0.1) is 0 Å². The predicted molar refractivity (Wildman–Crippen MR) is 71.3 cm³/mol. The summed E-state index contributed by atoms with van der Waals surface area (Å²) in [6, 6.07) is 5.61. The number of aromatic nitrogens is 1. The van der Waals surface area contributed by atoms with Crippen LogP contribution in [0.3, 0.4) is 0 Å². The Morgan fingerprint density at radius 2 is 2.11 bits per heavy atom. The number of ether oxygens (including phenoxy) is 2. The Bertz CT molecular complexity index is 592. The molecule has 0 amide bonds. The molecule has 19 heavy (non-hydrogen) atoms. The van der Waals surface area contributed by atoms with Crippen molar-refractivity contribution in [3.8, 4) is 22.8 Å². The lowest BCUT2D eigenvalue weighted by atomic mass is 10.0. The molecule has 2 N–H and O–H groups in total. The Hall–Kier alpha value is -2.17. The summed E-state index contributed by atoms with van der Waals surface area (Å²) >= 11 is 0. The SMILES string of the molecule is CCc1c(-c2cc(N)on2)ccc2c1OCCCO2. The summed E-state index contributed by atoms with van der Waals surface area (Å²) in [5.41, 5.74) is 8.37. The Kier molecular flexibility index (Phi) is 3.03. The maximum absolute atomic E-state index is 5.82. The minimum atomic E-state index is 0.309. The highest BCUT2D eigenvalue weighted by molar-refractivity contribution is 5.71. The monoisotopic (exact) mass is 260 g/mol. The lowest BCUT2D eigenvalue weighted by molar-refractivity contribution is 0.296. The van der Waals surface area contributed by atoms with Gasteiger partial charge in [-0.2, -0.15) is 0 Å². The number of fused-ring (bicyclic) bond motifs is 1. The summed E-state index contributed by atoms with van der Waals surface area (Å²) in [7, 11) is 0. The Labute approximate surface area is 111 Å². The number of rotatable bonds is 2. The molecule has 0 radical (unpaired) electrons. The van der Waals surface area contributed by atoms with Crippen molar-refractivity contribution in [2.75, 3.05) is 18.9 Å². The quantitative estimate of drug-likeness (QED) is 0.898. The van der Waals surface area contributed by atoms with E-state index >= 15 is 0 Å². The molecule has 0 fully saturated rings. The van der Waals surface area contributed by atoms with Crippen LogP contribution >= 0.6 is 0 Å². The predicted octanol–water partition coefficient (Wildman–Crippen LogP) is 2.65. The van der Waals surface area contributed by atoms with Crippen LogP contribution in [0.15, 0.2) is 22.7 Å². The van der Waals surface area contributed by atoms with Gasteiger partial charge in [0.25, 0.3) is 0 Å². The molecule has 0 saturated carbocycles. The van der Waals surface area contributed by atoms with Crippen LogP contribution in [0.4, 0.5) is 5.88 Å². The summed E-state index contributed by atoms with van der Waals surface area (Å²) in [5, 5.41) is 3.97. The highest BCUT2D eigenvalue weighted by Gasteiger charge is 2.19. The zero-order valence-corrected chi connectivity index (χ0v) is 10.8. The fraction of sp³-hybridized carbons (Fsp3) is 0.357.